The maximum Gasteiger partial charge on any atom is 0.188 e. The van der Waals surface area contributed by atoms with E-state index in [0.29, 0.717) is 6.42 Å². The minimum absolute atomic E-state index is 0.227. The molecule has 1 atom stereocenters. The summed E-state index contributed by atoms with van der Waals surface area (Å²) in [5.74, 6) is 2.50. The first kappa shape index (κ1) is 21.5. The monoisotopic (exact) mass is 454 g/mol. The molecule has 0 bridgehead atoms. The highest BCUT2D eigenvalue weighted by molar-refractivity contribution is 7.98. The van der Waals surface area contributed by atoms with Gasteiger partial charge in [0.2, 0.25) is 0 Å². The molecular formula is C28H26N2O2S. The molecule has 1 aliphatic rings. The molecule has 0 saturated carbocycles. The van der Waals surface area contributed by atoms with Crippen molar-refractivity contribution in [2.75, 3.05) is 0 Å². The first-order valence-electron chi connectivity index (χ1n) is 11.3. The standard InChI is InChI=1S/C28H26N2O2S/c1-28(27-29-17-18-30-27,20-9-4-2-5-10-20)32-26-16-15-23-22(13-8-14-25(23)31)24(26)19-33-21-11-6-3-7-12-21/h2-7,9-12,15-18H,8,13-14,19H2,1H3,(H,29,30)/t28-/m0/s1. The molecule has 1 aromatic heterocycles. The van der Waals surface area contributed by atoms with Crippen molar-refractivity contribution >= 4 is 17.5 Å². The summed E-state index contributed by atoms with van der Waals surface area (Å²) in [6, 6.07) is 24.4. The molecule has 0 amide bonds. The molecular weight excluding hydrogens is 428 g/mol. The van der Waals surface area contributed by atoms with Crippen molar-refractivity contribution in [1.29, 1.82) is 0 Å². The summed E-state index contributed by atoms with van der Waals surface area (Å²) in [6.45, 7) is 2.04. The van der Waals surface area contributed by atoms with Crippen LogP contribution in [0, 0.1) is 0 Å². The third-order valence-corrected chi connectivity index (χ3v) is 7.27. The number of rotatable bonds is 7. The van der Waals surface area contributed by atoms with Gasteiger partial charge in [-0.2, -0.15) is 0 Å². The molecule has 0 spiro atoms. The second-order valence-electron chi connectivity index (χ2n) is 8.39. The number of hydrogen-bond acceptors (Lipinski definition) is 4. The molecule has 5 rings (SSSR count). The van der Waals surface area contributed by atoms with Crippen molar-refractivity contribution in [2.45, 2.75) is 42.4 Å². The molecule has 166 valence electrons. The van der Waals surface area contributed by atoms with E-state index in [2.05, 4.69) is 34.2 Å². The molecule has 0 radical (unpaired) electrons. The predicted molar refractivity (Wildman–Crippen MR) is 132 cm³/mol. The van der Waals surface area contributed by atoms with Crippen molar-refractivity contribution in [3.63, 3.8) is 0 Å². The molecule has 0 fully saturated rings. The van der Waals surface area contributed by atoms with Crippen LogP contribution in [0.1, 0.15) is 52.6 Å². The first-order valence-corrected chi connectivity index (χ1v) is 12.2. The minimum atomic E-state index is -0.802. The smallest absolute Gasteiger partial charge is 0.188 e. The number of nitrogens with one attached hydrogen (secondary N) is 1. The number of H-pyrrole nitrogens is 1. The predicted octanol–water partition coefficient (Wildman–Crippen LogP) is 6.56. The van der Waals surface area contributed by atoms with Gasteiger partial charge in [0.15, 0.2) is 17.2 Å². The number of ketones is 1. The number of aromatic nitrogens is 2. The van der Waals surface area contributed by atoms with Gasteiger partial charge in [-0.1, -0.05) is 48.5 Å². The normalized spacial score (nSPS) is 15.0. The van der Waals surface area contributed by atoms with Gasteiger partial charge in [0.05, 0.1) is 0 Å². The van der Waals surface area contributed by atoms with Crippen LogP contribution in [-0.2, 0) is 17.8 Å². The summed E-state index contributed by atoms with van der Waals surface area (Å²) in [4.78, 5) is 21.6. The summed E-state index contributed by atoms with van der Waals surface area (Å²) in [5, 5.41) is 0. The number of Topliss-reactive ketones (excluding diaryl/α,β-unsaturated/α-hetero) is 1. The van der Waals surface area contributed by atoms with Crippen molar-refractivity contribution in [2.24, 2.45) is 0 Å². The van der Waals surface area contributed by atoms with E-state index >= 15 is 0 Å². The van der Waals surface area contributed by atoms with Gasteiger partial charge in [-0.05, 0) is 49.6 Å². The first-order chi connectivity index (χ1) is 16.1. The highest BCUT2D eigenvalue weighted by Crippen LogP contribution is 2.40. The number of ether oxygens (including phenoxy) is 1. The van der Waals surface area contributed by atoms with E-state index in [4.69, 9.17) is 4.74 Å². The van der Waals surface area contributed by atoms with Crippen molar-refractivity contribution < 1.29 is 9.53 Å². The van der Waals surface area contributed by atoms with E-state index < -0.39 is 5.60 Å². The fourth-order valence-corrected chi connectivity index (χ4v) is 5.43. The molecule has 0 saturated heterocycles. The molecule has 0 aliphatic heterocycles. The van der Waals surface area contributed by atoms with Gasteiger partial charge in [-0.3, -0.25) is 4.79 Å². The van der Waals surface area contributed by atoms with Crippen LogP contribution in [0.15, 0.2) is 90.1 Å². The van der Waals surface area contributed by atoms with Gasteiger partial charge < -0.3 is 9.72 Å². The van der Waals surface area contributed by atoms with Crippen LogP contribution in [0.2, 0.25) is 0 Å². The highest BCUT2D eigenvalue weighted by atomic mass is 32.2. The van der Waals surface area contributed by atoms with Gasteiger partial charge in [0.1, 0.15) is 5.75 Å². The summed E-state index contributed by atoms with van der Waals surface area (Å²) in [7, 11) is 0. The molecule has 1 heterocycles. The Bertz CT molecular complexity index is 1240. The maximum absolute atomic E-state index is 12.7. The van der Waals surface area contributed by atoms with Crippen LogP contribution in [0.4, 0.5) is 0 Å². The van der Waals surface area contributed by atoms with Gasteiger partial charge in [0, 0.05) is 46.2 Å². The number of fused-ring (bicyclic) bond motifs is 1. The van der Waals surface area contributed by atoms with Crippen molar-refractivity contribution in [3.05, 3.63) is 113 Å². The summed E-state index contributed by atoms with van der Waals surface area (Å²) in [5.41, 5.74) is 3.28. The van der Waals surface area contributed by atoms with E-state index in [1.165, 1.54) is 4.90 Å². The quantitative estimate of drug-likeness (QED) is 0.321. The number of aromatic amines is 1. The molecule has 1 N–H and O–H groups in total. The molecule has 3 aromatic carbocycles. The number of carbonyl (C=O) groups is 1. The van der Waals surface area contributed by atoms with Crippen molar-refractivity contribution in [3.8, 4) is 5.75 Å². The Morgan fingerprint density at radius 2 is 1.76 bits per heavy atom. The lowest BCUT2D eigenvalue weighted by Crippen LogP contribution is -2.33. The Labute approximate surface area is 198 Å². The lowest BCUT2D eigenvalue weighted by atomic mass is 9.87. The number of benzene rings is 3. The minimum Gasteiger partial charge on any atom is -0.475 e. The number of imidazole rings is 1. The lowest BCUT2D eigenvalue weighted by Gasteiger charge is -2.32. The zero-order valence-electron chi connectivity index (χ0n) is 18.6. The Balaban J connectivity index is 1.58. The summed E-state index contributed by atoms with van der Waals surface area (Å²) >= 11 is 1.77. The van der Waals surface area contributed by atoms with E-state index in [9.17, 15) is 4.79 Å². The van der Waals surface area contributed by atoms with Crippen molar-refractivity contribution in [1.82, 2.24) is 9.97 Å². The topological polar surface area (TPSA) is 55.0 Å². The van der Waals surface area contributed by atoms with Gasteiger partial charge in [-0.15, -0.1) is 11.8 Å². The fraction of sp³-hybridized carbons (Fsp3) is 0.214. The van der Waals surface area contributed by atoms with E-state index in [1.54, 1.807) is 18.0 Å². The van der Waals surface area contributed by atoms with Gasteiger partial charge in [-0.25, -0.2) is 4.98 Å². The zero-order valence-corrected chi connectivity index (χ0v) is 19.4. The number of thioether (sulfide) groups is 1. The van der Waals surface area contributed by atoms with Crippen LogP contribution < -0.4 is 4.74 Å². The number of carbonyl (C=O) groups excluding carboxylic acids is 1. The third kappa shape index (κ3) is 4.33. The second kappa shape index (κ2) is 9.28. The van der Waals surface area contributed by atoms with E-state index in [-0.39, 0.29) is 5.78 Å². The summed E-state index contributed by atoms with van der Waals surface area (Å²) < 4.78 is 6.83. The molecule has 5 heteroatoms. The largest absolute Gasteiger partial charge is 0.475 e. The SMILES string of the molecule is C[C@](Oc1ccc2c(c1CSc1ccccc1)CCCC2=O)(c1ccccc1)c1ncc[nH]1. The molecule has 4 nitrogen and oxygen atoms in total. The average molecular weight is 455 g/mol. The molecule has 4 aromatic rings. The molecule has 33 heavy (non-hydrogen) atoms. The van der Waals surface area contributed by atoms with Crippen LogP contribution in [0.5, 0.6) is 5.75 Å². The second-order valence-corrected chi connectivity index (χ2v) is 9.43. The third-order valence-electron chi connectivity index (χ3n) is 6.23. The maximum atomic E-state index is 12.7. The average Bonchev–Trinajstić information content (AvgIpc) is 3.40. The Morgan fingerprint density at radius 1 is 1.00 bits per heavy atom. The van der Waals surface area contributed by atoms with E-state index in [0.717, 1.165) is 52.4 Å². The Kier molecular flexibility index (Phi) is 6.05. The lowest BCUT2D eigenvalue weighted by molar-refractivity contribution is 0.0971. The summed E-state index contributed by atoms with van der Waals surface area (Å²) in [6.07, 6.45) is 5.96. The van der Waals surface area contributed by atoms with Gasteiger partial charge in [0.25, 0.3) is 0 Å². The van der Waals surface area contributed by atoms with Gasteiger partial charge >= 0.3 is 0 Å². The number of nitrogens with zero attached hydrogens (tertiary/aromatic N) is 1. The zero-order chi connectivity index (χ0) is 22.7. The van der Waals surface area contributed by atoms with E-state index in [1.807, 2.05) is 61.7 Å². The molecule has 0 unspecified atom stereocenters. The van der Waals surface area contributed by atoms with Crippen LogP contribution in [0.3, 0.4) is 0 Å². The fourth-order valence-electron chi connectivity index (χ4n) is 4.45. The van der Waals surface area contributed by atoms with Crippen LogP contribution in [0.25, 0.3) is 0 Å². The number of hydrogen-bond donors (Lipinski definition) is 1. The van der Waals surface area contributed by atoms with Crippen LogP contribution in [-0.4, -0.2) is 15.8 Å². The highest BCUT2D eigenvalue weighted by Gasteiger charge is 2.35. The molecule has 1 aliphatic carbocycles. The van der Waals surface area contributed by atoms with Crippen LogP contribution >= 0.6 is 11.8 Å². The Morgan fingerprint density at radius 3 is 2.48 bits per heavy atom. The Hall–Kier alpha value is -3.31.